The molecule has 0 aromatic heterocycles. The molecule has 0 amide bonds. The Morgan fingerprint density at radius 2 is 2.00 bits per heavy atom. The van der Waals surface area contributed by atoms with Crippen molar-refractivity contribution in [1.82, 2.24) is 5.32 Å². The normalized spacial score (nSPS) is 11.7. The summed E-state index contributed by atoms with van der Waals surface area (Å²) < 4.78 is 0. The minimum Gasteiger partial charge on any atom is -0.312 e. The topological polar surface area (TPSA) is 12.0 Å². The number of hydrogen-bond donors (Lipinski definition) is 1. The lowest BCUT2D eigenvalue weighted by molar-refractivity contribution is 0.689. The Morgan fingerprint density at radius 3 is 2.67 bits per heavy atom. The highest BCUT2D eigenvalue weighted by Crippen LogP contribution is 2.02. The number of rotatable bonds is 6. The SMILES string of the molecule is ClC=C(Cl)CNCCCc1ccccc1. The second-order valence-electron chi connectivity index (χ2n) is 3.32. The predicted octanol–water partition coefficient (Wildman–Crippen LogP) is 3.53. The molecule has 1 aromatic carbocycles. The summed E-state index contributed by atoms with van der Waals surface area (Å²) in [5, 5.41) is 3.87. The van der Waals surface area contributed by atoms with Crippen molar-refractivity contribution in [2.45, 2.75) is 12.8 Å². The highest BCUT2D eigenvalue weighted by Gasteiger charge is 1.93. The zero-order valence-corrected chi connectivity index (χ0v) is 10.1. The average molecular weight is 244 g/mol. The van der Waals surface area contributed by atoms with E-state index in [1.165, 1.54) is 11.1 Å². The maximum absolute atomic E-state index is 5.73. The van der Waals surface area contributed by atoms with Crippen LogP contribution in [0.5, 0.6) is 0 Å². The third-order valence-corrected chi connectivity index (χ3v) is 2.69. The van der Waals surface area contributed by atoms with Crippen LogP contribution < -0.4 is 5.32 Å². The van der Waals surface area contributed by atoms with Crippen LogP contribution in [0.15, 0.2) is 40.9 Å². The summed E-state index contributed by atoms with van der Waals surface area (Å²) in [6, 6.07) is 10.5. The van der Waals surface area contributed by atoms with Gasteiger partial charge >= 0.3 is 0 Å². The van der Waals surface area contributed by atoms with E-state index >= 15 is 0 Å². The molecule has 0 saturated heterocycles. The van der Waals surface area contributed by atoms with Crippen molar-refractivity contribution in [2.75, 3.05) is 13.1 Å². The molecule has 0 aliphatic carbocycles. The Labute approximate surface area is 101 Å². The molecule has 15 heavy (non-hydrogen) atoms. The van der Waals surface area contributed by atoms with Gasteiger partial charge in [0.25, 0.3) is 0 Å². The zero-order chi connectivity index (χ0) is 10.9. The standard InChI is InChI=1S/C12H15Cl2N/c13-9-12(14)10-15-8-4-7-11-5-2-1-3-6-11/h1-3,5-6,9,15H,4,7-8,10H2. The highest BCUT2D eigenvalue weighted by atomic mass is 35.5. The summed E-state index contributed by atoms with van der Waals surface area (Å²) in [6.45, 7) is 1.61. The van der Waals surface area contributed by atoms with E-state index in [-0.39, 0.29) is 0 Å². The van der Waals surface area contributed by atoms with Crippen molar-refractivity contribution < 1.29 is 0 Å². The smallest absolute Gasteiger partial charge is 0.0431 e. The summed E-state index contributed by atoms with van der Waals surface area (Å²) in [7, 11) is 0. The van der Waals surface area contributed by atoms with E-state index in [1.807, 2.05) is 6.07 Å². The van der Waals surface area contributed by atoms with Gasteiger partial charge in [0.05, 0.1) is 0 Å². The average Bonchev–Trinajstić information content (AvgIpc) is 2.29. The summed E-state index contributed by atoms with van der Waals surface area (Å²) in [5.41, 5.74) is 2.77. The summed E-state index contributed by atoms with van der Waals surface area (Å²) in [4.78, 5) is 0. The van der Waals surface area contributed by atoms with Crippen LogP contribution >= 0.6 is 23.2 Å². The molecule has 1 rings (SSSR count). The van der Waals surface area contributed by atoms with Gasteiger partial charge in [-0.15, -0.1) is 0 Å². The number of aryl methyl sites for hydroxylation is 1. The third kappa shape index (κ3) is 5.83. The van der Waals surface area contributed by atoms with E-state index < -0.39 is 0 Å². The Kier molecular flexibility index (Phi) is 6.49. The fourth-order valence-corrected chi connectivity index (χ4v) is 1.48. The molecular weight excluding hydrogens is 229 g/mol. The summed E-state index contributed by atoms with van der Waals surface area (Å²) in [5.74, 6) is 0. The quantitative estimate of drug-likeness (QED) is 0.755. The molecule has 0 bridgehead atoms. The van der Waals surface area contributed by atoms with E-state index in [0.29, 0.717) is 11.6 Å². The van der Waals surface area contributed by atoms with Gasteiger partial charge in [0.2, 0.25) is 0 Å². The van der Waals surface area contributed by atoms with Crippen molar-refractivity contribution in [3.05, 3.63) is 46.5 Å². The minimum absolute atomic E-state index is 0.649. The van der Waals surface area contributed by atoms with Crippen molar-refractivity contribution in [1.29, 1.82) is 0 Å². The van der Waals surface area contributed by atoms with Gasteiger partial charge < -0.3 is 5.32 Å². The van der Waals surface area contributed by atoms with Crippen LogP contribution in [-0.4, -0.2) is 13.1 Å². The molecule has 0 spiro atoms. The molecule has 0 atom stereocenters. The first kappa shape index (κ1) is 12.6. The highest BCUT2D eigenvalue weighted by molar-refractivity contribution is 6.36. The van der Waals surface area contributed by atoms with Crippen molar-refractivity contribution in [3.63, 3.8) is 0 Å². The molecule has 1 N–H and O–H groups in total. The Morgan fingerprint density at radius 1 is 1.27 bits per heavy atom. The van der Waals surface area contributed by atoms with Gasteiger partial charge in [-0.05, 0) is 24.9 Å². The Hall–Kier alpha value is -0.500. The summed E-state index contributed by atoms with van der Waals surface area (Å²) in [6.07, 6.45) is 2.20. The van der Waals surface area contributed by atoms with Gasteiger partial charge in [0.15, 0.2) is 0 Å². The van der Waals surface area contributed by atoms with Crippen LogP contribution in [0.2, 0.25) is 0 Å². The first-order valence-electron chi connectivity index (χ1n) is 5.02. The largest absolute Gasteiger partial charge is 0.312 e. The fraction of sp³-hybridized carbons (Fsp3) is 0.333. The van der Waals surface area contributed by atoms with Gasteiger partial charge in [0.1, 0.15) is 0 Å². The molecular formula is C12H15Cl2N. The molecule has 0 unspecified atom stereocenters. The second-order valence-corrected chi connectivity index (χ2v) is 4.03. The Balaban J connectivity index is 2.08. The lowest BCUT2D eigenvalue weighted by Crippen LogP contribution is -2.17. The summed E-state index contributed by atoms with van der Waals surface area (Å²) >= 11 is 11.2. The van der Waals surface area contributed by atoms with Crippen LogP contribution in [0.1, 0.15) is 12.0 Å². The fourth-order valence-electron chi connectivity index (χ4n) is 1.31. The number of halogens is 2. The lowest BCUT2D eigenvalue weighted by Gasteiger charge is -2.03. The lowest BCUT2D eigenvalue weighted by atomic mass is 10.1. The van der Waals surface area contributed by atoms with Crippen LogP contribution in [-0.2, 0) is 6.42 Å². The molecule has 82 valence electrons. The van der Waals surface area contributed by atoms with Crippen LogP contribution in [0, 0.1) is 0 Å². The van der Waals surface area contributed by atoms with Crippen LogP contribution in [0.4, 0.5) is 0 Å². The molecule has 0 aliphatic rings. The molecule has 3 heteroatoms. The van der Waals surface area contributed by atoms with Crippen molar-refractivity contribution >= 4 is 23.2 Å². The van der Waals surface area contributed by atoms with Gasteiger partial charge in [-0.1, -0.05) is 53.5 Å². The molecule has 1 aromatic rings. The predicted molar refractivity (Wildman–Crippen MR) is 67.4 cm³/mol. The number of hydrogen-bond acceptors (Lipinski definition) is 1. The van der Waals surface area contributed by atoms with Gasteiger partial charge in [0, 0.05) is 17.1 Å². The molecule has 1 nitrogen and oxygen atoms in total. The first-order chi connectivity index (χ1) is 7.33. The maximum atomic E-state index is 5.73. The van der Waals surface area contributed by atoms with Gasteiger partial charge in [-0.3, -0.25) is 0 Å². The maximum Gasteiger partial charge on any atom is 0.0431 e. The molecule has 0 heterocycles. The molecule has 0 radical (unpaired) electrons. The minimum atomic E-state index is 0.649. The van der Waals surface area contributed by atoms with E-state index in [0.717, 1.165) is 19.4 Å². The molecule has 0 fully saturated rings. The van der Waals surface area contributed by atoms with E-state index in [1.54, 1.807) is 0 Å². The second kappa shape index (κ2) is 7.75. The number of nitrogens with one attached hydrogen (secondary N) is 1. The number of benzene rings is 1. The molecule has 0 aliphatic heterocycles. The monoisotopic (exact) mass is 243 g/mol. The van der Waals surface area contributed by atoms with Crippen molar-refractivity contribution in [2.24, 2.45) is 0 Å². The molecule has 0 saturated carbocycles. The third-order valence-electron chi connectivity index (χ3n) is 2.07. The van der Waals surface area contributed by atoms with Gasteiger partial charge in [-0.2, -0.15) is 0 Å². The first-order valence-corrected chi connectivity index (χ1v) is 5.84. The van der Waals surface area contributed by atoms with E-state index in [2.05, 4.69) is 29.6 Å². The van der Waals surface area contributed by atoms with Crippen LogP contribution in [0.3, 0.4) is 0 Å². The van der Waals surface area contributed by atoms with Gasteiger partial charge in [-0.25, -0.2) is 0 Å². The zero-order valence-electron chi connectivity index (χ0n) is 8.55. The van der Waals surface area contributed by atoms with Crippen LogP contribution in [0.25, 0.3) is 0 Å². The Bertz CT molecular complexity index is 296. The van der Waals surface area contributed by atoms with E-state index in [9.17, 15) is 0 Å². The van der Waals surface area contributed by atoms with Crippen molar-refractivity contribution in [3.8, 4) is 0 Å². The van der Waals surface area contributed by atoms with E-state index in [4.69, 9.17) is 23.2 Å².